The Balaban J connectivity index is 1.49. The molecule has 4 saturated heterocycles. The smallest absolute Gasteiger partial charge is 0.187 e. The van der Waals surface area contributed by atoms with E-state index in [0.29, 0.717) is 0 Å². The highest BCUT2D eigenvalue weighted by molar-refractivity contribution is 4.97. The molecule has 4 aliphatic heterocycles. The van der Waals surface area contributed by atoms with Crippen molar-refractivity contribution < 1.29 is 99.5 Å². The molecule has 0 spiro atoms. The highest BCUT2D eigenvalue weighted by Crippen LogP contribution is 2.34. The molecule has 0 aromatic rings. The van der Waals surface area contributed by atoms with Gasteiger partial charge in [0.15, 0.2) is 25.2 Å². The zero-order valence-electron chi connectivity index (χ0n) is 23.3. The molecule has 0 aromatic heterocycles. The Morgan fingerprint density at radius 1 is 0.409 bits per heavy atom. The third kappa shape index (κ3) is 7.05. The lowest BCUT2D eigenvalue weighted by Gasteiger charge is -2.49. The van der Waals surface area contributed by atoms with Gasteiger partial charge in [0.1, 0.15) is 91.6 Å². The van der Waals surface area contributed by atoms with Crippen LogP contribution in [0.3, 0.4) is 0 Å². The minimum absolute atomic E-state index is 0.747. The summed E-state index contributed by atoms with van der Waals surface area (Å²) in [6, 6.07) is 0. The maximum absolute atomic E-state index is 10.9. The molecule has 0 bridgehead atoms. The van der Waals surface area contributed by atoms with E-state index in [0.717, 1.165) is 0 Å². The third-order valence-electron chi connectivity index (χ3n) is 8.16. The van der Waals surface area contributed by atoms with E-state index in [2.05, 4.69) is 0 Å². The van der Waals surface area contributed by atoms with Crippen LogP contribution in [0.5, 0.6) is 0 Å². The summed E-state index contributed by atoms with van der Waals surface area (Å²) in [6.07, 6.45) is -34.0. The molecule has 4 heterocycles. The first-order chi connectivity index (χ1) is 20.7. The van der Waals surface area contributed by atoms with Crippen LogP contribution in [0, 0.1) is 0 Å². The Morgan fingerprint density at radius 2 is 0.818 bits per heavy atom. The molecule has 0 saturated carbocycles. The molecule has 0 aromatic carbocycles. The van der Waals surface area contributed by atoms with Crippen molar-refractivity contribution in [1.29, 1.82) is 0 Å². The van der Waals surface area contributed by atoms with Crippen LogP contribution in [-0.2, 0) is 33.2 Å². The highest BCUT2D eigenvalue weighted by atomic mass is 16.8. The van der Waals surface area contributed by atoms with Crippen molar-refractivity contribution in [3.63, 3.8) is 0 Å². The molecular weight excluding hydrogens is 608 g/mol. The molecule has 0 radical (unpaired) electrons. The Bertz CT molecular complexity index is 898. The number of ether oxygens (including phenoxy) is 7. The number of rotatable bonds is 9. The van der Waals surface area contributed by atoms with E-state index in [-0.39, 0.29) is 0 Å². The van der Waals surface area contributed by atoms with Crippen LogP contribution in [0.1, 0.15) is 6.92 Å². The fourth-order valence-electron chi connectivity index (χ4n) is 5.51. The van der Waals surface area contributed by atoms with Crippen molar-refractivity contribution in [2.24, 2.45) is 0 Å². The summed E-state index contributed by atoms with van der Waals surface area (Å²) in [7, 11) is 0. The maximum atomic E-state index is 10.9. The first kappa shape index (κ1) is 36.0. The number of aliphatic hydroxyl groups excluding tert-OH is 13. The lowest BCUT2D eigenvalue weighted by atomic mass is 9.95. The third-order valence-corrected chi connectivity index (χ3v) is 8.16. The molecule has 4 fully saturated rings. The van der Waals surface area contributed by atoms with Gasteiger partial charge in [-0.25, -0.2) is 0 Å². The average molecular weight is 651 g/mol. The molecule has 20 atom stereocenters. The van der Waals surface area contributed by atoms with Gasteiger partial charge in [-0.2, -0.15) is 0 Å². The Hall–Kier alpha value is -0.800. The molecule has 20 nitrogen and oxygen atoms in total. The molecule has 13 N–H and O–H groups in total. The fraction of sp³-hybridized carbons (Fsp3) is 1.00. The van der Waals surface area contributed by atoms with Crippen molar-refractivity contribution >= 4 is 0 Å². The Labute approximate surface area is 249 Å². The van der Waals surface area contributed by atoms with Crippen LogP contribution in [0.15, 0.2) is 0 Å². The topological polar surface area (TPSA) is 328 Å². The quantitative estimate of drug-likeness (QED) is 0.110. The van der Waals surface area contributed by atoms with E-state index in [1.165, 1.54) is 6.92 Å². The Morgan fingerprint density at radius 3 is 1.30 bits per heavy atom. The molecule has 44 heavy (non-hydrogen) atoms. The number of hydrogen-bond donors (Lipinski definition) is 13. The summed E-state index contributed by atoms with van der Waals surface area (Å²) in [5.41, 5.74) is 0. The van der Waals surface area contributed by atoms with Crippen LogP contribution in [-0.4, -0.2) is 209 Å². The van der Waals surface area contributed by atoms with Gasteiger partial charge in [-0.15, -0.1) is 0 Å². The van der Waals surface area contributed by atoms with Gasteiger partial charge in [0.05, 0.1) is 25.9 Å². The summed E-state index contributed by atoms with van der Waals surface area (Å²) in [5, 5.41) is 132. The zero-order chi connectivity index (χ0) is 32.6. The highest BCUT2D eigenvalue weighted by Gasteiger charge is 2.55. The van der Waals surface area contributed by atoms with Gasteiger partial charge in [0, 0.05) is 0 Å². The minimum atomic E-state index is -1.97. The van der Waals surface area contributed by atoms with E-state index >= 15 is 0 Å². The molecule has 20 heteroatoms. The lowest BCUT2D eigenvalue weighted by molar-refractivity contribution is -0.390. The van der Waals surface area contributed by atoms with Gasteiger partial charge in [0.2, 0.25) is 0 Å². The van der Waals surface area contributed by atoms with Crippen molar-refractivity contribution in [3.05, 3.63) is 0 Å². The van der Waals surface area contributed by atoms with Gasteiger partial charge < -0.3 is 99.5 Å². The van der Waals surface area contributed by atoms with Gasteiger partial charge in [-0.05, 0) is 6.92 Å². The summed E-state index contributed by atoms with van der Waals surface area (Å²) in [6.45, 7) is -1.04. The molecular formula is C24H42O20. The molecule has 0 aliphatic carbocycles. The SMILES string of the molecule is C[C@@H]1O[C@@H](O[C@H]2[C@@H](O[C@H]3O[C@H](CO)[C@@H](O)[C@H](O)[C@H]3O)[C@@H](CO)OC(O)[C@@H]2O)[C@H](O)[C@H](O)[C@H]1O[C@@H]1O[C@H](CO)[C@@H](O)[C@H](O)[C@@H]1O. The second-order valence-electron chi connectivity index (χ2n) is 11.1. The minimum Gasteiger partial charge on any atom is -0.394 e. The van der Waals surface area contributed by atoms with Crippen LogP contribution < -0.4 is 0 Å². The number of hydrogen-bond acceptors (Lipinski definition) is 20. The summed E-state index contributed by atoms with van der Waals surface area (Å²) >= 11 is 0. The summed E-state index contributed by atoms with van der Waals surface area (Å²) in [4.78, 5) is 0. The van der Waals surface area contributed by atoms with E-state index < -0.39 is 143 Å². The lowest BCUT2D eigenvalue weighted by Crippen LogP contribution is -2.67. The fourth-order valence-corrected chi connectivity index (χ4v) is 5.51. The van der Waals surface area contributed by atoms with E-state index in [1.54, 1.807) is 0 Å². The normalized spacial score (nSPS) is 53.9. The summed E-state index contributed by atoms with van der Waals surface area (Å²) < 4.78 is 38.3. The molecule has 1 unspecified atom stereocenters. The molecule has 258 valence electrons. The average Bonchev–Trinajstić information content (AvgIpc) is 3.00. The van der Waals surface area contributed by atoms with Gasteiger partial charge in [0.25, 0.3) is 0 Å². The second kappa shape index (κ2) is 15.0. The first-order valence-corrected chi connectivity index (χ1v) is 14.0. The van der Waals surface area contributed by atoms with Crippen LogP contribution in [0.25, 0.3) is 0 Å². The van der Waals surface area contributed by atoms with Crippen LogP contribution in [0.2, 0.25) is 0 Å². The van der Waals surface area contributed by atoms with Crippen molar-refractivity contribution in [2.75, 3.05) is 19.8 Å². The molecule has 0 amide bonds. The van der Waals surface area contributed by atoms with Gasteiger partial charge in [-0.1, -0.05) is 0 Å². The van der Waals surface area contributed by atoms with E-state index in [9.17, 15) is 66.4 Å². The van der Waals surface area contributed by atoms with Crippen LogP contribution in [0.4, 0.5) is 0 Å². The standard InChI is InChI=1S/C24H42O20/c1-5-18(42-23-14(33)11(30)9(28)6(2-25)40-23)13(32)16(35)22(38-5)44-20-17(36)21(37)39-8(4-27)19(20)43-24-15(34)12(31)10(29)7(3-26)41-24/h5-37H,2-4H2,1H3/t5-,6+,7+,8+,9+,10+,11-,12-,13-,14-,15+,16+,17+,18-,19-,20+,21?,22-,23-,24+/m0/s1. The number of aliphatic hydroxyl groups is 13. The van der Waals surface area contributed by atoms with Crippen molar-refractivity contribution in [2.45, 2.75) is 130 Å². The second-order valence-corrected chi connectivity index (χ2v) is 11.1. The van der Waals surface area contributed by atoms with E-state index in [4.69, 9.17) is 33.2 Å². The van der Waals surface area contributed by atoms with Crippen molar-refractivity contribution in [1.82, 2.24) is 0 Å². The van der Waals surface area contributed by atoms with Crippen molar-refractivity contribution in [3.8, 4) is 0 Å². The van der Waals surface area contributed by atoms with Crippen LogP contribution >= 0.6 is 0 Å². The Kier molecular flexibility index (Phi) is 12.3. The predicted octanol–water partition coefficient (Wildman–Crippen LogP) is -8.72. The summed E-state index contributed by atoms with van der Waals surface area (Å²) in [5.74, 6) is 0. The molecule has 4 rings (SSSR count). The van der Waals surface area contributed by atoms with E-state index in [1.807, 2.05) is 0 Å². The monoisotopic (exact) mass is 650 g/mol. The largest absolute Gasteiger partial charge is 0.394 e. The zero-order valence-corrected chi connectivity index (χ0v) is 23.3. The van der Waals surface area contributed by atoms with Gasteiger partial charge in [-0.3, -0.25) is 0 Å². The first-order valence-electron chi connectivity index (χ1n) is 14.0. The molecule has 4 aliphatic rings. The van der Waals surface area contributed by atoms with Gasteiger partial charge >= 0.3 is 0 Å². The maximum Gasteiger partial charge on any atom is 0.187 e. The predicted molar refractivity (Wildman–Crippen MR) is 132 cm³/mol.